The molecule has 1 unspecified atom stereocenters. The molecule has 2 amide bonds. The van der Waals surface area contributed by atoms with E-state index in [9.17, 15) is 14.4 Å². The maximum atomic E-state index is 12.7. The van der Waals surface area contributed by atoms with Gasteiger partial charge in [-0.15, -0.1) is 0 Å². The average molecular weight is 538 g/mol. The van der Waals surface area contributed by atoms with Gasteiger partial charge >= 0.3 is 5.97 Å². The number of ether oxygens (including phenoxy) is 3. The highest BCUT2D eigenvalue weighted by Crippen LogP contribution is 2.28. The fraction of sp³-hybridized carbons (Fsp3) is 0.360. The average Bonchev–Trinajstić information content (AvgIpc) is 2.82. The van der Waals surface area contributed by atoms with Crippen LogP contribution in [0, 0.1) is 5.92 Å². The Morgan fingerprint density at radius 1 is 1.00 bits per heavy atom. The van der Waals surface area contributed by atoms with Crippen molar-refractivity contribution in [3.8, 4) is 11.5 Å². The molecule has 0 spiro atoms. The van der Waals surface area contributed by atoms with Gasteiger partial charge in [-0.3, -0.25) is 9.59 Å². The minimum absolute atomic E-state index is 0.181. The third-order valence-corrected chi connectivity index (χ3v) is 5.27. The van der Waals surface area contributed by atoms with Gasteiger partial charge in [0, 0.05) is 5.02 Å². The Labute approximate surface area is 220 Å². The zero-order valence-electron chi connectivity index (χ0n) is 20.5. The van der Waals surface area contributed by atoms with Crippen LogP contribution in [0.4, 0.5) is 0 Å². The van der Waals surface area contributed by atoms with Crippen LogP contribution in [0.2, 0.25) is 10.0 Å². The number of hydrogen-bond acceptors (Lipinski definition) is 7. The first-order valence-corrected chi connectivity index (χ1v) is 12.1. The van der Waals surface area contributed by atoms with E-state index in [-0.39, 0.29) is 29.7 Å². The van der Waals surface area contributed by atoms with E-state index in [4.69, 9.17) is 37.4 Å². The summed E-state index contributed by atoms with van der Waals surface area (Å²) in [6.45, 7) is 7.50. The fourth-order valence-electron chi connectivity index (χ4n) is 3.00. The van der Waals surface area contributed by atoms with E-state index in [1.54, 1.807) is 45.0 Å². The number of esters is 1. The molecule has 2 aromatic rings. The van der Waals surface area contributed by atoms with E-state index < -0.39 is 23.8 Å². The predicted molar refractivity (Wildman–Crippen MR) is 138 cm³/mol. The van der Waals surface area contributed by atoms with Gasteiger partial charge in [-0.2, -0.15) is 5.10 Å². The zero-order chi connectivity index (χ0) is 26.7. The molecule has 2 N–H and O–H groups in total. The van der Waals surface area contributed by atoms with Crippen LogP contribution in [0.1, 0.15) is 43.6 Å². The van der Waals surface area contributed by atoms with E-state index >= 15 is 0 Å². The molecule has 0 saturated heterocycles. The lowest BCUT2D eigenvalue weighted by Crippen LogP contribution is -2.48. The number of carbonyl (C=O) groups is 3. The summed E-state index contributed by atoms with van der Waals surface area (Å²) in [6.07, 6.45) is 1.42. The number of hydrazone groups is 1. The summed E-state index contributed by atoms with van der Waals surface area (Å²) >= 11 is 12.0. The highest BCUT2D eigenvalue weighted by Gasteiger charge is 2.25. The number of benzene rings is 2. The molecular weight excluding hydrogens is 509 g/mol. The van der Waals surface area contributed by atoms with Gasteiger partial charge in [0.2, 0.25) is 0 Å². The molecule has 0 fully saturated rings. The maximum absolute atomic E-state index is 12.7. The normalized spacial score (nSPS) is 11.8. The van der Waals surface area contributed by atoms with E-state index in [1.165, 1.54) is 18.3 Å². The second-order valence-corrected chi connectivity index (χ2v) is 8.63. The van der Waals surface area contributed by atoms with Gasteiger partial charge in [0.05, 0.1) is 30.0 Å². The quantitative estimate of drug-likeness (QED) is 0.237. The Bertz CT molecular complexity index is 1110. The first-order valence-electron chi connectivity index (χ1n) is 11.3. The number of amides is 2. The molecule has 0 aromatic heterocycles. The standard InChI is InChI=1S/C25H29Cl2N3O6/c1-5-34-21-11-16(7-10-20(21)36-14-22(31)35-6-2)13-28-30-25(33)23(15(3)4)29-24(32)18-9-8-17(26)12-19(18)27/h7-13,15,23H,5-6,14H2,1-4H3,(H,29,32)(H,30,33). The van der Waals surface area contributed by atoms with Crippen molar-refractivity contribution in [1.29, 1.82) is 0 Å². The molecule has 11 heteroatoms. The molecule has 0 saturated carbocycles. The van der Waals surface area contributed by atoms with Crippen molar-refractivity contribution < 1.29 is 28.6 Å². The molecule has 0 heterocycles. The molecule has 36 heavy (non-hydrogen) atoms. The van der Waals surface area contributed by atoms with Crippen molar-refractivity contribution in [2.24, 2.45) is 11.0 Å². The molecular formula is C25H29Cl2N3O6. The molecule has 0 aliphatic carbocycles. The number of nitrogens with zero attached hydrogens (tertiary/aromatic N) is 1. The lowest BCUT2D eigenvalue weighted by molar-refractivity contribution is -0.145. The Hall–Kier alpha value is -3.30. The molecule has 0 aliphatic rings. The van der Waals surface area contributed by atoms with Gasteiger partial charge in [-0.05, 0) is 61.7 Å². The molecule has 194 valence electrons. The zero-order valence-corrected chi connectivity index (χ0v) is 22.0. The van der Waals surface area contributed by atoms with Gasteiger partial charge < -0.3 is 19.5 Å². The van der Waals surface area contributed by atoms with Crippen molar-refractivity contribution >= 4 is 47.2 Å². The third-order valence-electron chi connectivity index (χ3n) is 4.72. The number of halogens is 2. The fourth-order valence-corrected chi connectivity index (χ4v) is 3.49. The van der Waals surface area contributed by atoms with Crippen LogP contribution in [0.25, 0.3) is 0 Å². The van der Waals surface area contributed by atoms with Gasteiger partial charge in [0.25, 0.3) is 11.8 Å². The maximum Gasteiger partial charge on any atom is 0.344 e. The lowest BCUT2D eigenvalue weighted by Gasteiger charge is -2.20. The van der Waals surface area contributed by atoms with Crippen molar-refractivity contribution in [1.82, 2.24) is 10.7 Å². The van der Waals surface area contributed by atoms with Crippen LogP contribution < -0.4 is 20.2 Å². The molecule has 1 atom stereocenters. The summed E-state index contributed by atoms with van der Waals surface area (Å²) in [5, 5.41) is 7.25. The molecule has 9 nitrogen and oxygen atoms in total. The van der Waals surface area contributed by atoms with Gasteiger partial charge in [-0.25, -0.2) is 10.2 Å². The SMILES string of the molecule is CCOC(=O)COc1ccc(C=NNC(=O)C(NC(=O)c2ccc(Cl)cc2Cl)C(C)C)cc1OCC. The summed E-state index contributed by atoms with van der Waals surface area (Å²) in [4.78, 5) is 36.9. The second-order valence-electron chi connectivity index (χ2n) is 7.79. The highest BCUT2D eigenvalue weighted by atomic mass is 35.5. The first-order chi connectivity index (χ1) is 17.2. The lowest BCUT2D eigenvalue weighted by atomic mass is 10.0. The summed E-state index contributed by atoms with van der Waals surface area (Å²) in [5.74, 6) is -0.943. The molecule has 2 rings (SSSR count). The minimum atomic E-state index is -0.862. The summed E-state index contributed by atoms with van der Waals surface area (Å²) in [5.41, 5.74) is 3.26. The van der Waals surface area contributed by atoms with Crippen molar-refractivity contribution in [3.05, 3.63) is 57.6 Å². The van der Waals surface area contributed by atoms with Gasteiger partial charge in [0.1, 0.15) is 6.04 Å². The van der Waals surface area contributed by atoms with Crippen molar-refractivity contribution in [2.75, 3.05) is 19.8 Å². The minimum Gasteiger partial charge on any atom is -0.490 e. The topological polar surface area (TPSA) is 115 Å². The Kier molecular flexibility index (Phi) is 11.5. The van der Waals surface area contributed by atoms with E-state index in [0.717, 1.165) is 0 Å². The van der Waals surface area contributed by atoms with E-state index in [0.29, 0.717) is 28.7 Å². The van der Waals surface area contributed by atoms with Crippen LogP contribution in [-0.2, 0) is 14.3 Å². The number of rotatable bonds is 12. The molecule has 0 bridgehead atoms. The Morgan fingerprint density at radius 2 is 1.75 bits per heavy atom. The van der Waals surface area contributed by atoms with Crippen molar-refractivity contribution in [3.63, 3.8) is 0 Å². The van der Waals surface area contributed by atoms with Crippen LogP contribution in [0.15, 0.2) is 41.5 Å². The predicted octanol–water partition coefficient (Wildman–Crippen LogP) is 4.24. The largest absolute Gasteiger partial charge is 0.490 e. The number of carbonyl (C=O) groups excluding carboxylic acids is 3. The third kappa shape index (κ3) is 8.73. The van der Waals surface area contributed by atoms with Crippen LogP contribution in [-0.4, -0.2) is 49.9 Å². The first kappa shape index (κ1) is 28.9. The highest BCUT2D eigenvalue weighted by molar-refractivity contribution is 6.36. The van der Waals surface area contributed by atoms with Crippen molar-refractivity contribution in [2.45, 2.75) is 33.7 Å². The smallest absolute Gasteiger partial charge is 0.344 e. The van der Waals surface area contributed by atoms with Gasteiger partial charge in [0.15, 0.2) is 18.1 Å². The van der Waals surface area contributed by atoms with E-state index in [1.807, 2.05) is 6.92 Å². The van der Waals surface area contributed by atoms with E-state index in [2.05, 4.69) is 15.8 Å². The van der Waals surface area contributed by atoms with Crippen LogP contribution in [0.3, 0.4) is 0 Å². The Balaban J connectivity index is 2.05. The molecule has 0 aliphatic heterocycles. The molecule has 0 radical (unpaired) electrons. The molecule has 2 aromatic carbocycles. The Morgan fingerprint density at radius 3 is 2.39 bits per heavy atom. The number of nitrogens with one attached hydrogen (secondary N) is 2. The summed E-state index contributed by atoms with van der Waals surface area (Å²) in [6, 6.07) is 8.59. The summed E-state index contributed by atoms with van der Waals surface area (Å²) < 4.78 is 15.9. The van der Waals surface area contributed by atoms with Gasteiger partial charge in [-0.1, -0.05) is 37.0 Å². The monoisotopic (exact) mass is 537 g/mol. The van der Waals surface area contributed by atoms with Crippen LogP contribution in [0.5, 0.6) is 11.5 Å². The second kappa shape index (κ2) is 14.3. The number of hydrogen-bond donors (Lipinski definition) is 2. The summed E-state index contributed by atoms with van der Waals surface area (Å²) in [7, 11) is 0. The van der Waals surface area contributed by atoms with Crippen LogP contribution >= 0.6 is 23.2 Å².